The van der Waals surface area contributed by atoms with E-state index in [0.29, 0.717) is 25.0 Å². The summed E-state index contributed by atoms with van der Waals surface area (Å²) in [6.07, 6.45) is 4.40. The highest BCUT2D eigenvalue weighted by Crippen LogP contribution is 2.27. The Labute approximate surface area is 126 Å². The molecule has 2 rings (SSSR count). The fourth-order valence-corrected chi connectivity index (χ4v) is 2.55. The van der Waals surface area contributed by atoms with Crippen molar-refractivity contribution in [1.29, 1.82) is 0 Å². The number of nitrogens with two attached hydrogens (primary N) is 1. The number of rotatable bonds is 6. The molecule has 1 aliphatic heterocycles. The molecule has 3 atom stereocenters. The second kappa shape index (κ2) is 7.04. The van der Waals surface area contributed by atoms with Crippen molar-refractivity contribution in [2.24, 2.45) is 17.6 Å². The zero-order chi connectivity index (χ0) is 15.4. The van der Waals surface area contributed by atoms with Gasteiger partial charge in [-0.1, -0.05) is 13.8 Å². The minimum absolute atomic E-state index is 0.00202. The van der Waals surface area contributed by atoms with Crippen LogP contribution in [-0.2, 0) is 9.53 Å². The smallest absolute Gasteiger partial charge is 0.242 e. The number of carbonyl (C=O) groups excluding carboxylic acids is 1. The van der Waals surface area contributed by atoms with Gasteiger partial charge in [0, 0.05) is 25.3 Å². The summed E-state index contributed by atoms with van der Waals surface area (Å²) >= 11 is 0. The number of amides is 1. The monoisotopic (exact) mass is 294 g/mol. The zero-order valence-electron chi connectivity index (χ0n) is 13.1. The highest BCUT2D eigenvalue weighted by atomic mass is 16.5. The van der Waals surface area contributed by atoms with Crippen molar-refractivity contribution in [3.05, 3.63) is 18.2 Å². The van der Waals surface area contributed by atoms with E-state index in [1.807, 2.05) is 11.5 Å². The Bertz CT molecular complexity index is 466. The third-order valence-electron chi connectivity index (χ3n) is 3.99. The van der Waals surface area contributed by atoms with Crippen LogP contribution in [0.5, 0.6) is 0 Å². The van der Waals surface area contributed by atoms with Gasteiger partial charge in [0.2, 0.25) is 5.91 Å². The zero-order valence-corrected chi connectivity index (χ0v) is 13.1. The van der Waals surface area contributed by atoms with E-state index < -0.39 is 0 Å². The minimum atomic E-state index is -0.311. The molecule has 6 nitrogen and oxygen atoms in total. The first-order valence-corrected chi connectivity index (χ1v) is 7.63. The van der Waals surface area contributed by atoms with Crippen LogP contribution >= 0.6 is 0 Å². The van der Waals surface area contributed by atoms with E-state index in [2.05, 4.69) is 24.1 Å². The molecule has 0 aliphatic carbocycles. The first-order valence-electron chi connectivity index (χ1n) is 7.63. The van der Waals surface area contributed by atoms with E-state index in [1.54, 1.807) is 12.5 Å². The molecule has 6 heteroatoms. The Morgan fingerprint density at radius 2 is 2.33 bits per heavy atom. The molecule has 1 aromatic heterocycles. The van der Waals surface area contributed by atoms with E-state index >= 15 is 0 Å². The highest BCUT2D eigenvalue weighted by Gasteiger charge is 2.28. The standard InChI is InChI=1S/C15H26N4O2/c1-10(2)6-18-15(20)11(3)19-9-17-7-13(19)14(16)12-4-5-21-8-12/h7,9-12,14H,4-6,8,16H2,1-3H3,(H,18,20). The van der Waals surface area contributed by atoms with Crippen molar-refractivity contribution in [1.82, 2.24) is 14.9 Å². The molecule has 21 heavy (non-hydrogen) atoms. The van der Waals surface area contributed by atoms with Gasteiger partial charge >= 0.3 is 0 Å². The van der Waals surface area contributed by atoms with Crippen LogP contribution in [0.3, 0.4) is 0 Å². The highest BCUT2D eigenvalue weighted by molar-refractivity contribution is 5.79. The molecule has 2 heterocycles. The molecule has 0 bridgehead atoms. The van der Waals surface area contributed by atoms with Crippen molar-refractivity contribution in [2.75, 3.05) is 19.8 Å². The van der Waals surface area contributed by atoms with Gasteiger partial charge in [-0.15, -0.1) is 0 Å². The Morgan fingerprint density at radius 1 is 1.57 bits per heavy atom. The summed E-state index contributed by atoms with van der Waals surface area (Å²) in [5.74, 6) is 0.727. The van der Waals surface area contributed by atoms with E-state index in [-0.39, 0.29) is 18.0 Å². The molecule has 118 valence electrons. The van der Waals surface area contributed by atoms with Crippen molar-refractivity contribution >= 4 is 5.91 Å². The van der Waals surface area contributed by atoms with Gasteiger partial charge in [-0.2, -0.15) is 0 Å². The second-order valence-corrected chi connectivity index (χ2v) is 6.19. The summed E-state index contributed by atoms with van der Waals surface area (Å²) in [5.41, 5.74) is 7.23. The largest absolute Gasteiger partial charge is 0.381 e. The number of nitrogens with zero attached hydrogens (tertiary/aromatic N) is 2. The topological polar surface area (TPSA) is 82.2 Å². The molecule has 0 radical (unpaired) electrons. The van der Waals surface area contributed by atoms with Gasteiger partial charge in [0.15, 0.2) is 0 Å². The summed E-state index contributed by atoms with van der Waals surface area (Å²) in [7, 11) is 0. The predicted molar refractivity (Wildman–Crippen MR) is 80.6 cm³/mol. The fraction of sp³-hybridized carbons (Fsp3) is 0.733. The van der Waals surface area contributed by atoms with Crippen molar-refractivity contribution in [2.45, 2.75) is 39.3 Å². The molecular weight excluding hydrogens is 268 g/mol. The number of hydrogen-bond donors (Lipinski definition) is 2. The van der Waals surface area contributed by atoms with Crippen molar-refractivity contribution < 1.29 is 9.53 Å². The maximum atomic E-state index is 12.2. The third kappa shape index (κ3) is 3.83. The summed E-state index contributed by atoms with van der Waals surface area (Å²) in [6.45, 7) is 8.14. The number of nitrogens with one attached hydrogen (secondary N) is 1. The summed E-state index contributed by atoms with van der Waals surface area (Å²) in [4.78, 5) is 16.4. The quantitative estimate of drug-likeness (QED) is 0.827. The summed E-state index contributed by atoms with van der Waals surface area (Å²) in [6, 6.07) is -0.454. The maximum Gasteiger partial charge on any atom is 0.242 e. The lowest BCUT2D eigenvalue weighted by atomic mass is 9.97. The molecule has 3 unspecified atom stereocenters. The summed E-state index contributed by atoms with van der Waals surface area (Å²) in [5, 5.41) is 2.95. The number of carbonyl (C=O) groups is 1. The lowest BCUT2D eigenvalue weighted by Gasteiger charge is -2.23. The number of aromatic nitrogens is 2. The van der Waals surface area contributed by atoms with E-state index in [9.17, 15) is 4.79 Å². The van der Waals surface area contributed by atoms with E-state index in [0.717, 1.165) is 18.7 Å². The van der Waals surface area contributed by atoms with Gasteiger partial charge in [0.1, 0.15) is 6.04 Å². The third-order valence-corrected chi connectivity index (χ3v) is 3.99. The van der Waals surface area contributed by atoms with Gasteiger partial charge < -0.3 is 20.4 Å². The van der Waals surface area contributed by atoms with Crippen LogP contribution < -0.4 is 11.1 Å². The number of hydrogen-bond acceptors (Lipinski definition) is 4. The molecule has 0 aromatic carbocycles. The van der Waals surface area contributed by atoms with Gasteiger partial charge in [0.25, 0.3) is 0 Å². The molecule has 0 spiro atoms. The van der Waals surface area contributed by atoms with Crippen molar-refractivity contribution in [3.63, 3.8) is 0 Å². The van der Waals surface area contributed by atoms with Crippen LogP contribution in [-0.4, -0.2) is 35.2 Å². The molecule has 1 aliphatic rings. The minimum Gasteiger partial charge on any atom is -0.381 e. The predicted octanol–water partition coefficient (Wildman–Crippen LogP) is 1.25. The normalized spacial score (nSPS) is 21.5. The Kier molecular flexibility index (Phi) is 5.36. The Balaban J connectivity index is 2.06. The first-order chi connectivity index (χ1) is 10.0. The maximum absolute atomic E-state index is 12.2. The van der Waals surface area contributed by atoms with E-state index in [4.69, 9.17) is 10.5 Å². The SMILES string of the molecule is CC(C)CNC(=O)C(C)n1cncc1C(N)C1CCOC1. The van der Waals surface area contributed by atoms with Gasteiger partial charge in [-0.25, -0.2) is 4.98 Å². The van der Waals surface area contributed by atoms with Crippen LogP contribution in [0.1, 0.15) is 45.0 Å². The Morgan fingerprint density at radius 3 is 2.95 bits per heavy atom. The average Bonchev–Trinajstić information content (AvgIpc) is 3.13. The lowest BCUT2D eigenvalue weighted by Crippen LogP contribution is -2.35. The van der Waals surface area contributed by atoms with E-state index in [1.165, 1.54) is 0 Å². The molecule has 1 amide bonds. The Hall–Kier alpha value is -1.40. The van der Waals surface area contributed by atoms with Crippen LogP contribution in [0.15, 0.2) is 12.5 Å². The molecule has 3 N–H and O–H groups in total. The fourth-order valence-electron chi connectivity index (χ4n) is 2.55. The van der Waals surface area contributed by atoms with Crippen LogP contribution in [0.25, 0.3) is 0 Å². The van der Waals surface area contributed by atoms with Crippen LogP contribution in [0.2, 0.25) is 0 Å². The molecule has 0 saturated carbocycles. The molecule has 1 saturated heterocycles. The lowest BCUT2D eigenvalue weighted by molar-refractivity contribution is -0.124. The molecular formula is C15H26N4O2. The summed E-state index contributed by atoms with van der Waals surface area (Å²) < 4.78 is 7.27. The van der Waals surface area contributed by atoms with Crippen molar-refractivity contribution in [3.8, 4) is 0 Å². The van der Waals surface area contributed by atoms with Crippen LogP contribution in [0.4, 0.5) is 0 Å². The van der Waals surface area contributed by atoms with Gasteiger partial charge in [-0.05, 0) is 19.3 Å². The molecule has 1 fully saturated rings. The second-order valence-electron chi connectivity index (χ2n) is 6.19. The van der Waals surface area contributed by atoms with Gasteiger partial charge in [-0.3, -0.25) is 4.79 Å². The average molecular weight is 294 g/mol. The molecule has 1 aromatic rings. The van der Waals surface area contributed by atoms with Crippen LogP contribution in [0, 0.1) is 11.8 Å². The number of ether oxygens (including phenoxy) is 1. The van der Waals surface area contributed by atoms with Gasteiger partial charge in [0.05, 0.1) is 24.7 Å². The number of imidazole rings is 1. The first kappa shape index (κ1) is 16.0.